The number of fused-ring (bicyclic) bond motifs is 1. The minimum atomic E-state index is -0.376. The maximum atomic E-state index is 12.7. The van der Waals surface area contributed by atoms with Crippen molar-refractivity contribution in [1.82, 2.24) is 0 Å². The zero-order valence-corrected chi connectivity index (χ0v) is 16.2. The molecule has 1 unspecified atom stereocenters. The fourth-order valence-electron chi connectivity index (χ4n) is 4.24. The molecule has 0 spiro atoms. The van der Waals surface area contributed by atoms with Crippen molar-refractivity contribution in [3.8, 4) is 0 Å². The van der Waals surface area contributed by atoms with Crippen LogP contribution < -0.4 is 0 Å². The van der Waals surface area contributed by atoms with Crippen molar-refractivity contribution in [2.24, 2.45) is 0 Å². The number of Topliss-reactive ketones (excluding diaryl/α,β-unsaturated/α-hetero) is 2. The molecule has 2 aromatic rings. The number of benzene rings is 2. The Kier molecular flexibility index (Phi) is 5.31. The summed E-state index contributed by atoms with van der Waals surface area (Å²) in [6, 6.07) is 7.08. The maximum Gasteiger partial charge on any atom is 0.280 e. The number of carbonyl (C=O) groups is 2. The fourth-order valence-corrected chi connectivity index (χ4v) is 4.24. The lowest BCUT2D eigenvalue weighted by Gasteiger charge is -2.26. The van der Waals surface area contributed by atoms with Crippen LogP contribution in [0.2, 0.25) is 0 Å². The Morgan fingerprint density at radius 3 is 2.39 bits per heavy atom. The summed E-state index contributed by atoms with van der Waals surface area (Å²) in [5, 5.41) is 23.3. The average molecular weight is 381 g/mol. The predicted octanol–water partition coefficient (Wildman–Crippen LogP) is 4.99. The van der Waals surface area contributed by atoms with E-state index in [2.05, 4.69) is 0 Å². The summed E-state index contributed by atoms with van der Waals surface area (Å²) < 4.78 is 0. The topological polar surface area (TPSA) is 97.5 Å². The number of hydrogen-bond donors (Lipinski definition) is 1. The summed E-state index contributed by atoms with van der Waals surface area (Å²) in [6.07, 6.45) is 1.13. The van der Waals surface area contributed by atoms with Gasteiger partial charge in [0.1, 0.15) is 5.76 Å². The Morgan fingerprint density at radius 1 is 1.18 bits per heavy atom. The van der Waals surface area contributed by atoms with Gasteiger partial charge in [-0.2, -0.15) is 0 Å². The van der Waals surface area contributed by atoms with E-state index in [0.29, 0.717) is 22.8 Å². The number of nitro groups is 1. The molecule has 1 aliphatic rings. The number of allylic oxidation sites excluding steroid dienone is 2. The van der Waals surface area contributed by atoms with E-state index >= 15 is 0 Å². The van der Waals surface area contributed by atoms with Crippen LogP contribution in [0, 0.1) is 24.0 Å². The van der Waals surface area contributed by atoms with Gasteiger partial charge < -0.3 is 5.11 Å². The lowest BCUT2D eigenvalue weighted by molar-refractivity contribution is -0.383. The van der Waals surface area contributed by atoms with Crippen LogP contribution in [0.4, 0.5) is 5.69 Å². The highest BCUT2D eigenvalue weighted by atomic mass is 16.6. The number of aliphatic hydroxyl groups excluding tert-OH is 1. The largest absolute Gasteiger partial charge is 0.511 e. The van der Waals surface area contributed by atoms with Crippen LogP contribution >= 0.6 is 0 Å². The Hall–Kier alpha value is -3.02. The van der Waals surface area contributed by atoms with Crippen LogP contribution in [-0.2, 0) is 9.59 Å². The molecule has 1 aliphatic carbocycles. The maximum absolute atomic E-state index is 12.7. The smallest absolute Gasteiger partial charge is 0.280 e. The molecular weight excluding hydrogens is 358 g/mol. The molecular formula is C22H23NO5. The van der Waals surface area contributed by atoms with Crippen molar-refractivity contribution < 1.29 is 19.6 Å². The third-order valence-electron chi connectivity index (χ3n) is 5.58. The minimum Gasteiger partial charge on any atom is -0.511 e. The van der Waals surface area contributed by atoms with Gasteiger partial charge in [-0.05, 0) is 48.8 Å². The first-order valence-electron chi connectivity index (χ1n) is 9.42. The van der Waals surface area contributed by atoms with Crippen molar-refractivity contribution in [3.05, 3.63) is 62.4 Å². The standard InChI is InChI=1S/C22H23NO5/c1-4-7-17(24)21-18(25)10-14(11-19(21)26)20-12(2)13(3)22(23(27)28)16-9-6-5-8-15(16)20/h5-6,8-9,14,25H,4,7,10-11H2,1-3H3. The first kappa shape index (κ1) is 19.7. The van der Waals surface area contributed by atoms with Gasteiger partial charge in [-0.25, -0.2) is 0 Å². The first-order valence-corrected chi connectivity index (χ1v) is 9.42. The Bertz CT molecular complexity index is 1030. The summed E-state index contributed by atoms with van der Waals surface area (Å²) >= 11 is 0. The number of nitro benzene ring substituents is 1. The second-order valence-corrected chi connectivity index (χ2v) is 7.34. The molecule has 0 aliphatic heterocycles. The Morgan fingerprint density at radius 2 is 1.82 bits per heavy atom. The van der Waals surface area contributed by atoms with Gasteiger partial charge in [0, 0.05) is 24.8 Å². The summed E-state index contributed by atoms with van der Waals surface area (Å²) in [4.78, 5) is 36.1. The molecule has 0 amide bonds. The zero-order valence-electron chi connectivity index (χ0n) is 16.2. The van der Waals surface area contributed by atoms with Crippen LogP contribution in [0.1, 0.15) is 55.2 Å². The van der Waals surface area contributed by atoms with Crippen molar-refractivity contribution in [2.45, 2.75) is 52.4 Å². The molecule has 0 fully saturated rings. The van der Waals surface area contributed by atoms with E-state index in [1.165, 1.54) is 0 Å². The van der Waals surface area contributed by atoms with Gasteiger partial charge in [0.25, 0.3) is 5.69 Å². The summed E-state index contributed by atoms with van der Waals surface area (Å²) in [6.45, 7) is 5.37. The lowest BCUT2D eigenvalue weighted by atomic mass is 9.77. The molecule has 6 nitrogen and oxygen atoms in total. The van der Waals surface area contributed by atoms with Gasteiger partial charge in [-0.3, -0.25) is 19.7 Å². The van der Waals surface area contributed by atoms with Crippen molar-refractivity contribution in [3.63, 3.8) is 0 Å². The molecule has 0 aromatic heterocycles. The second-order valence-electron chi connectivity index (χ2n) is 7.34. The van der Waals surface area contributed by atoms with E-state index in [1.54, 1.807) is 25.1 Å². The average Bonchev–Trinajstić information content (AvgIpc) is 2.62. The Labute approximate surface area is 163 Å². The van der Waals surface area contributed by atoms with E-state index in [0.717, 1.165) is 11.1 Å². The molecule has 2 aromatic carbocycles. The molecule has 1 N–H and O–H groups in total. The fraction of sp³-hybridized carbons (Fsp3) is 0.364. The van der Waals surface area contributed by atoms with Crippen LogP contribution in [0.25, 0.3) is 10.8 Å². The van der Waals surface area contributed by atoms with E-state index in [9.17, 15) is 24.8 Å². The normalized spacial score (nSPS) is 17.2. The highest BCUT2D eigenvalue weighted by Gasteiger charge is 2.34. The summed E-state index contributed by atoms with van der Waals surface area (Å²) in [5.41, 5.74) is 2.14. The summed E-state index contributed by atoms with van der Waals surface area (Å²) in [5.74, 6) is -1.16. The second kappa shape index (κ2) is 7.54. The highest BCUT2D eigenvalue weighted by Crippen LogP contribution is 2.43. The molecule has 3 rings (SSSR count). The van der Waals surface area contributed by atoms with Crippen LogP contribution in [-0.4, -0.2) is 21.6 Å². The molecule has 6 heteroatoms. The highest BCUT2D eigenvalue weighted by molar-refractivity contribution is 6.21. The van der Waals surface area contributed by atoms with Gasteiger partial charge in [0.05, 0.1) is 15.9 Å². The number of aliphatic hydroxyl groups is 1. The molecule has 0 radical (unpaired) electrons. The number of rotatable bonds is 5. The van der Waals surface area contributed by atoms with Crippen LogP contribution in [0.3, 0.4) is 0 Å². The van der Waals surface area contributed by atoms with Gasteiger partial charge in [-0.1, -0.05) is 25.1 Å². The summed E-state index contributed by atoms with van der Waals surface area (Å²) in [7, 11) is 0. The van der Waals surface area contributed by atoms with Crippen molar-refractivity contribution >= 4 is 28.0 Å². The molecule has 0 saturated heterocycles. The van der Waals surface area contributed by atoms with E-state index in [-0.39, 0.29) is 58.7 Å². The van der Waals surface area contributed by atoms with Gasteiger partial charge in [-0.15, -0.1) is 0 Å². The molecule has 28 heavy (non-hydrogen) atoms. The third-order valence-corrected chi connectivity index (χ3v) is 5.58. The van der Waals surface area contributed by atoms with Crippen molar-refractivity contribution in [2.75, 3.05) is 0 Å². The third kappa shape index (κ3) is 3.19. The number of carbonyl (C=O) groups excluding carboxylic acids is 2. The van der Waals surface area contributed by atoms with E-state index in [4.69, 9.17) is 0 Å². The molecule has 0 saturated carbocycles. The zero-order chi connectivity index (χ0) is 20.6. The molecule has 1 atom stereocenters. The minimum absolute atomic E-state index is 0.0672. The number of ketones is 2. The van der Waals surface area contributed by atoms with Crippen LogP contribution in [0.5, 0.6) is 0 Å². The predicted molar refractivity (Wildman–Crippen MR) is 107 cm³/mol. The van der Waals surface area contributed by atoms with Gasteiger partial charge in [0.15, 0.2) is 11.6 Å². The number of nitrogens with zero attached hydrogens (tertiary/aromatic N) is 1. The molecule has 0 heterocycles. The monoisotopic (exact) mass is 381 g/mol. The first-order chi connectivity index (χ1) is 13.3. The molecule has 146 valence electrons. The number of hydrogen-bond acceptors (Lipinski definition) is 5. The molecule has 0 bridgehead atoms. The Balaban J connectivity index is 2.17. The van der Waals surface area contributed by atoms with E-state index < -0.39 is 0 Å². The van der Waals surface area contributed by atoms with Crippen LogP contribution in [0.15, 0.2) is 35.6 Å². The SMILES string of the molecule is CCCC(=O)C1=C(O)CC(c2c(C)c(C)c([N+](=O)[O-])c3ccccc23)CC1=O. The van der Waals surface area contributed by atoms with Gasteiger partial charge in [0.2, 0.25) is 0 Å². The quantitative estimate of drug-likeness (QED) is 0.447. The lowest BCUT2D eigenvalue weighted by Crippen LogP contribution is -2.24. The van der Waals surface area contributed by atoms with Gasteiger partial charge >= 0.3 is 0 Å². The van der Waals surface area contributed by atoms with E-state index in [1.807, 2.05) is 19.9 Å². The van der Waals surface area contributed by atoms with Crippen molar-refractivity contribution in [1.29, 1.82) is 0 Å².